The first-order chi connectivity index (χ1) is 19.9. The van der Waals surface area contributed by atoms with Gasteiger partial charge in [-0.2, -0.15) is 10.1 Å². The molecule has 1 aliphatic rings. The normalized spacial score (nSPS) is 14.1. The Morgan fingerprint density at radius 2 is 1.83 bits per heavy atom. The molecule has 0 radical (unpaired) electrons. The minimum Gasteiger partial charge on any atom is -0.497 e. The van der Waals surface area contributed by atoms with Crippen LogP contribution in [0.5, 0.6) is 23.0 Å². The Morgan fingerprint density at radius 3 is 2.59 bits per heavy atom. The Bertz CT molecular complexity index is 1600. The number of halogens is 1. The number of hydrogen-bond donors (Lipinski definition) is 2. The number of nitrogens with zero attached hydrogens (tertiary/aromatic N) is 3. The molecule has 0 bridgehead atoms. The van der Waals surface area contributed by atoms with Gasteiger partial charge in [0.2, 0.25) is 5.95 Å². The largest absolute Gasteiger partial charge is 0.497 e. The molecule has 2 N–H and O–H groups in total. The maximum Gasteiger partial charge on any atom is 0.255 e. The van der Waals surface area contributed by atoms with E-state index >= 15 is 0 Å². The average Bonchev–Trinajstić information content (AvgIpc) is 3.44. The molecule has 212 valence electrons. The predicted octanol–water partition coefficient (Wildman–Crippen LogP) is 5.85. The van der Waals surface area contributed by atoms with Gasteiger partial charge in [-0.05, 0) is 49.7 Å². The monoisotopic (exact) mass is 575 g/mol. The molecular weight excluding hydrogens is 546 g/mol. The molecule has 3 aromatic carbocycles. The van der Waals surface area contributed by atoms with Gasteiger partial charge in [-0.1, -0.05) is 35.9 Å². The lowest BCUT2D eigenvalue weighted by Gasteiger charge is -2.29. The number of fused-ring (bicyclic) bond motifs is 1. The number of carbonyl (C=O) groups is 1. The van der Waals surface area contributed by atoms with Crippen molar-refractivity contribution >= 4 is 29.1 Å². The van der Waals surface area contributed by atoms with Gasteiger partial charge in [0.25, 0.3) is 5.91 Å². The molecule has 5 rings (SSSR count). The highest BCUT2D eigenvalue weighted by Crippen LogP contribution is 2.40. The smallest absolute Gasteiger partial charge is 0.255 e. The number of hydrogen-bond acceptors (Lipinski definition) is 8. The van der Waals surface area contributed by atoms with Gasteiger partial charge in [-0.3, -0.25) is 4.79 Å². The van der Waals surface area contributed by atoms with Gasteiger partial charge in [0, 0.05) is 22.3 Å². The summed E-state index contributed by atoms with van der Waals surface area (Å²) >= 11 is 6.32. The third kappa shape index (κ3) is 5.78. The summed E-state index contributed by atoms with van der Waals surface area (Å²) in [6.07, 6.45) is 1.44. The highest BCUT2D eigenvalue weighted by atomic mass is 35.5. The number of ether oxygens (including phenoxy) is 4. The summed E-state index contributed by atoms with van der Waals surface area (Å²) in [4.78, 5) is 18.2. The molecule has 0 saturated heterocycles. The van der Waals surface area contributed by atoms with Gasteiger partial charge >= 0.3 is 0 Å². The molecule has 41 heavy (non-hydrogen) atoms. The fourth-order valence-corrected chi connectivity index (χ4v) is 4.84. The van der Waals surface area contributed by atoms with Crippen LogP contribution in [-0.4, -0.2) is 41.5 Å². The first-order valence-corrected chi connectivity index (χ1v) is 13.3. The Balaban J connectivity index is 1.51. The summed E-state index contributed by atoms with van der Waals surface area (Å²) < 4.78 is 24.5. The van der Waals surface area contributed by atoms with Gasteiger partial charge in [0.15, 0.2) is 11.5 Å². The molecule has 1 aliphatic heterocycles. The van der Waals surface area contributed by atoms with E-state index in [1.807, 2.05) is 56.3 Å². The highest BCUT2D eigenvalue weighted by molar-refractivity contribution is 6.31. The number of allylic oxidation sites excluding steroid dienone is 1. The molecule has 0 spiro atoms. The minimum absolute atomic E-state index is 0.273. The Labute approximate surface area is 242 Å². The van der Waals surface area contributed by atoms with Crippen LogP contribution in [0.2, 0.25) is 5.02 Å². The van der Waals surface area contributed by atoms with E-state index in [2.05, 4.69) is 20.7 Å². The van der Waals surface area contributed by atoms with Crippen molar-refractivity contribution in [2.75, 3.05) is 31.5 Å². The summed E-state index contributed by atoms with van der Waals surface area (Å²) in [6.45, 7) is 4.42. The molecule has 0 saturated carbocycles. The van der Waals surface area contributed by atoms with Crippen LogP contribution in [0.4, 0.5) is 11.6 Å². The quantitative estimate of drug-likeness (QED) is 0.242. The first kappa shape index (κ1) is 27.9. The number of anilines is 2. The molecule has 1 atom stereocenters. The lowest BCUT2D eigenvalue weighted by Crippen LogP contribution is -2.31. The number of methoxy groups -OCH3 is 2. The summed E-state index contributed by atoms with van der Waals surface area (Å²) in [5.74, 6) is 2.33. The van der Waals surface area contributed by atoms with E-state index in [0.717, 1.165) is 11.1 Å². The van der Waals surface area contributed by atoms with E-state index in [-0.39, 0.29) is 12.5 Å². The van der Waals surface area contributed by atoms with Crippen LogP contribution >= 0.6 is 11.6 Å². The summed E-state index contributed by atoms with van der Waals surface area (Å²) in [5, 5.41) is 11.2. The molecule has 0 fully saturated rings. The maximum atomic E-state index is 13.9. The maximum absolute atomic E-state index is 13.9. The summed E-state index contributed by atoms with van der Waals surface area (Å²) in [7, 11) is 3.10. The molecule has 1 unspecified atom stereocenters. The van der Waals surface area contributed by atoms with Gasteiger partial charge < -0.3 is 29.6 Å². The van der Waals surface area contributed by atoms with Crippen molar-refractivity contribution in [3.63, 3.8) is 0 Å². The van der Waals surface area contributed by atoms with Crippen LogP contribution in [0, 0.1) is 0 Å². The number of benzene rings is 3. The molecule has 10 nitrogen and oxygen atoms in total. The van der Waals surface area contributed by atoms with Crippen molar-refractivity contribution in [3.05, 3.63) is 94.4 Å². The number of carbonyl (C=O) groups excluding carboxylic acids is 1. The predicted molar refractivity (Wildman–Crippen MR) is 156 cm³/mol. The van der Waals surface area contributed by atoms with Gasteiger partial charge in [0.05, 0.1) is 32.1 Å². The molecule has 2 heterocycles. The van der Waals surface area contributed by atoms with Crippen LogP contribution in [0.25, 0.3) is 0 Å². The van der Waals surface area contributed by atoms with E-state index in [0.29, 0.717) is 57.5 Å². The fraction of sp³-hybridized carbons (Fsp3) is 0.233. The second-order valence-corrected chi connectivity index (χ2v) is 9.54. The highest BCUT2D eigenvalue weighted by Gasteiger charge is 2.34. The summed E-state index contributed by atoms with van der Waals surface area (Å²) in [5.41, 5.74) is 3.16. The first-order valence-electron chi connectivity index (χ1n) is 13.0. The van der Waals surface area contributed by atoms with E-state index in [1.54, 1.807) is 37.1 Å². The number of rotatable bonds is 10. The molecule has 4 aromatic rings. The van der Waals surface area contributed by atoms with Crippen molar-refractivity contribution < 1.29 is 23.7 Å². The third-order valence-electron chi connectivity index (χ3n) is 6.62. The van der Waals surface area contributed by atoms with E-state index in [4.69, 9.17) is 30.5 Å². The zero-order valence-electron chi connectivity index (χ0n) is 23.1. The fourth-order valence-electron chi connectivity index (χ4n) is 4.65. The second kappa shape index (κ2) is 12.2. The topological polar surface area (TPSA) is 109 Å². The van der Waals surface area contributed by atoms with Crippen LogP contribution < -0.4 is 29.6 Å². The third-order valence-corrected chi connectivity index (χ3v) is 6.99. The molecule has 11 heteroatoms. The van der Waals surface area contributed by atoms with E-state index in [9.17, 15) is 4.79 Å². The molecule has 0 aliphatic carbocycles. The van der Waals surface area contributed by atoms with Gasteiger partial charge in [-0.25, -0.2) is 4.68 Å². The van der Waals surface area contributed by atoms with Crippen LogP contribution in [0.3, 0.4) is 0 Å². The van der Waals surface area contributed by atoms with E-state index < -0.39 is 6.04 Å². The van der Waals surface area contributed by atoms with Crippen LogP contribution in [-0.2, 0) is 11.4 Å². The second-order valence-electron chi connectivity index (χ2n) is 9.13. The molecular formula is C30H30ClN5O5. The number of nitrogens with one attached hydrogen (secondary N) is 2. The van der Waals surface area contributed by atoms with Crippen LogP contribution in [0.15, 0.2) is 78.3 Å². The lowest BCUT2D eigenvalue weighted by atomic mass is 9.94. The van der Waals surface area contributed by atoms with Gasteiger partial charge in [0.1, 0.15) is 30.5 Å². The molecule has 1 aromatic heterocycles. The average molecular weight is 576 g/mol. The lowest BCUT2D eigenvalue weighted by molar-refractivity contribution is -0.113. The van der Waals surface area contributed by atoms with Crippen LogP contribution in [0.1, 0.15) is 31.0 Å². The number of aromatic nitrogens is 3. The Kier molecular flexibility index (Phi) is 8.30. The Morgan fingerprint density at radius 1 is 1.02 bits per heavy atom. The Hall–Kier alpha value is -4.70. The number of amides is 1. The zero-order chi connectivity index (χ0) is 28.9. The summed E-state index contributed by atoms with van der Waals surface area (Å²) in [6, 6.07) is 17.7. The van der Waals surface area contributed by atoms with Crippen molar-refractivity contribution in [2.24, 2.45) is 0 Å². The van der Waals surface area contributed by atoms with Crippen molar-refractivity contribution in [2.45, 2.75) is 26.5 Å². The van der Waals surface area contributed by atoms with Crippen molar-refractivity contribution in [3.8, 4) is 23.0 Å². The molecule has 1 amide bonds. The van der Waals surface area contributed by atoms with Crippen molar-refractivity contribution in [1.29, 1.82) is 0 Å². The van der Waals surface area contributed by atoms with Crippen molar-refractivity contribution in [1.82, 2.24) is 14.8 Å². The SMILES string of the molecule is CCOc1cc(C2C(C(=O)Nc3cc(OC)ccc3OC)=C(C)Nc3ncnn32)ccc1OCc1ccccc1Cl. The minimum atomic E-state index is -0.609. The van der Waals surface area contributed by atoms with Gasteiger partial charge in [-0.15, -0.1) is 0 Å². The zero-order valence-corrected chi connectivity index (χ0v) is 23.9. The van der Waals surface area contributed by atoms with E-state index in [1.165, 1.54) is 6.33 Å². The standard InChI is InChI=1S/C30H30ClN5O5/c1-5-40-26-14-19(10-12-25(26)41-16-20-8-6-7-9-22(20)31)28-27(18(2)34-30-32-17-33-36(28)30)29(37)35-23-15-21(38-3)11-13-24(23)39-4/h6-15,17,28H,5,16H2,1-4H3,(H,35,37)(H,32,33,34).